The van der Waals surface area contributed by atoms with Crippen LogP contribution in [0.2, 0.25) is 0 Å². The van der Waals surface area contributed by atoms with E-state index in [0.29, 0.717) is 27.0 Å². The molecule has 0 aliphatic carbocycles. The quantitative estimate of drug-likeness (QED) is 0.191. The zero-order valence-electron chi connectivity index (χ0n) is 17.0. The summed E-state index contributed by atoms with van der Waals surface area (Å²) in [5.74, 6) is -0.287. The minimum Gasteiger partial charge on any atom is -0.455 e. The van der Waals surface area contributed by atoms with Gasteiger partial charge in [0.1, 0.15) is 5.75 Å². The molecule has 11 heteroatoms. The van der Waals surface area contributed by atoms with Crippen molar-refractivity contribution in [2.45, 2.75) is 0 Å². The Morgan fingerprint density at radius 2 is 1.88 bits per heavy atom. The van der Waals surface area contributed by atoms with E-state index in [-0.39, 0.29) is 18.0 Å². The summed E-state index contributed by atoms with van der Waals surface area (Å²) in [5.41, 5.74) is 5.58. The molecule has 0 atom stereocenters. The highest BCUT2D eigenvalue weighted by molar-refractivity contribution is 9.10. The highest BCUT2D eigenvalue weighted by atomic mass is 79.9. The number of nitroso groups, excluding NO2 is 1. The Bertz CT molecular complexity index is 1200. The van der Waals surface area contributed by atoms with Gasteiger partial charge in [0.2, 0.25) is 0 Å². The standard InChI is InChI=1S/C22H18BrN5O5/c23-18-7-2-1-6-17(18)22(30)24-13-21(29)26-25-12-14-4-3-5-16(10-14)33-20-9-8-15(27-31)11-19(20)28-32/h1-12,27,31H,13H2,(H,24,30)(H,26,29)/b25-12+. The number of carbonyl (C=O) groups excluding carboxylic acids is 2. The Labute approximate surface area is 196 Å². The van der Waals surface area contributed by atoms with Gasteiger partial charge in [0.05, 0.1) is 24.0 Å². The molecule has 0 saturated carbocycles. The van der Waals surface area contributed by atoms with E-state index in [2.05, 4.69) is 37.0 Å². The van der Waals surface area contributed by atoms with Crippen LogP contribution in [0.15, 0.2) is 81.5 Å². The van der Waals surface area contributed by atoms with E-state index in [4.69, 9.17) is 9.94 Å². The molecule has 0 saturated heterocycles. The average molecular weight is 512 g/mol. The molecule has 0 heterocycles. The third-order valence-electron chi connectivity index (χ3n) is 4.20. The minimum atomic E-state index is -0.502. The lowest BCUT2D eigenvalue weighted by Crippen LogP contribution is -2.35. The van der Waals surface area contributed by atoms with Crippen LogP contribution in [-0.4, -0.2) is 29.8 Å². The van der Waals surface area contributed by atoms with E-state index in [1.54, 1.807) is 48.5 Å². The third-order valence-corrected chi connectivity index (χ3v) is 4.89. The van der Waals surface area contributed by atoms with Gasteiger partial charge in [0.15, 0.2) is 11.4 Å². The maximum Gasteiger partial charge on any atom is 0.259 e. The van der Waals surface area contributed by atoms with Gasteiger partial charge in [-0.25, -0.2) is 5.43 Å². The fourth-order valence-electron chi connectivity index (χ4n) is 2.65. The van der Waals surface area contributed by atoms with Crippen LogP contribution in [0.3, 0.4) is 0 Å². The molecule has 3 aromatic rings. The first-order valence-corrected chi connectivity index (χ1v) is 10.3. The molecule has 0 radical (unpaired) electrons. The van der Waals surface area contributed by atoms with Gasteiger partial charge in [-0.05, 0) is 69.1 Å². The van der Waals surface area contributed by atoms with Crippen molar-refractivity contribution in [2.24, 2.45) is 10.3 Å². The summed E-state index contributed by atoms with van der Waals surface area (Å²) in [4.78, 5) is 35.1. The molecule has 0 aliphatic heterocycles. The molecule has 0 fully saturated rings. The molecular weight excluding hydrogens is 494 g/mol. The van der Waals surface area contributed by atoms with Gasteiger partial charge in [-0.2, -0.15) is 5.10 Å². The van der Waals surface area contributed by atoms with Crippen LogP contribution in [0.5, 0.6) is 11.5 Å². The van der Waals surface area contributed by atoms with Gasteiger partial charge in [0.25, 0.3) is 11.8 Å². The van der Waals surface area contributed by atoms with E-state index in [0.717, 1.165) is 0 Å². The van der Waals surface area contributed by atoms with Crippen molar-refractivity contribution in [1.82, 2.24) is 10.7 Å². The number of ether oxygens (including phenoxy) is 1. The summed E-state index contributed by atoms with van der Waals surface area (Å²) in [6, 6.07) is 17.9. The van der Waals surface area contributed by atoms with E-state index in [1.165, 1.54) is 24.4 Å². The zero-order chi connectivity index (χ0) is 23.6. The number of carbonyl (C=O) groups is 2. The van der Waals surface area contributed by atoms with Gasteiger partial charge < -0.3 is 10.1 Å². The lowest BCUT2D eigenvalue weighted by Gasteiger charge is -2.09. The first-order valence-electron chi connectivity index (χ1n) is 9.50. The van der Waals surface area contributed by atoms with Crippen LogP contribution in [0, 0.1) is 4.91 Å². The predicted molar refractivity (Wildman–Crippen MR) is 126 cm³/mol. The smallest absolute Gasteiger partial charge is 0.259 e. The topological polar surface area (TPSA) is 141 Å². The van der Waals surface area contributed by atoms with Crippen molar-refractivity contribution in [1.29, 1.82) is 0 Å². The summed E-state index contributed by atoms with van der Waals surface area (Å²) < 4.78 is 6.31. The second kappa shape index (κ2) is 11.5. The second-order valence-corrected chi connectivity index (χ2v) is 7.37. The van der Waals surface area contributed by atoms with Gasteiger partial charge >= 0.3 is 0 Å². The molecule has 33 heavy (non-hydrogen) atoms. The lowest BCUT2D eigenvalue weighted by atomic mass is 10.2. The Hall–Kier alpha value is -4.09. The van der Waals surface area contributed by atoms with Gasteiger partial charge in [-0.3, -0.25) is 20.3 Å². The molecule has 168 valence electrons. The normalized spacial score (nSPS) is 10.5. The summed E-state index contributed by atoms with van der Waals surface area (Å²) in [6.45, 7) is -0.249. The Balaban J connectivity index is 1.55. The number of halogens is 1. The number of hydrazone groups is 1. The van der Waals surface area contributed by atoms with Crippen LogP contribution in [0.1, 0.15) is 15.9 Å². The van der Waals surface area contributed by atoms with E-state index < -0.39 is 11.8 Å². The second-order valence-electron chi connectivity index (χ2n) is 6.52. The first-order chi connectivity index (χ1) is 16.0. The molecule has 4 N–H and O–H groups in total. The number of anilines is 1. The number of rotatable bonds is 9. The number of hydrogen-bond donors (Lipinski definition) is 4. The fourth-order valence-corrected chi connectivity index (χ4v) is 3.11. The number of benzene rings is 3. The van der Waals surface area contributed by atoms with Crippen LogP contribution < -0.4 is 21.0 Å². The van der Waals surface area contributed by atoms with Gasteiger partial charge in [-0.15, -0.1) is 4.91 Å². The summed E-state index contributed by atoms with van der Waals surface area (Å²) >= 11 is 3.28. The molecule has 0 aromatic heterocycles. The highest BCUT2D eigenvalue weighted by Crippen LogP contribution is 2.34. The number of amides is 2. The minimum absolute atomic E-state index is 0.00460. The Kier molecular flexibility index (Phi) is 8.22. The predicted octanol–water partition coefficient (Wildman–Crippen LogP) is 4.32. The van der Waals surface area contributed by atoms with Crippen molar-refractivity contribution in [3.8, 4) is 11.5 Å². The van der Waals surface area contributed by atoms with E-state index >= 15 is 0 Å². The van der Waals surface area contributed by atoms with Crippen LogP contribution in [0.4, 0.5) is 11.4 Å². The Morgan fingerprint density at radius 3 is 2.64 bits per heavy atom. The average Bonchev–Trinajstić information content (AvgIpc) is 2.83. The molecule has 3 aromatic carbocycles. The Morgan fingerprint density at radius 1 is 1.06 bits per heavy atom. The molecule has 0 spiro atoms. The largest absolute Gasteiger partial charge is 0.455 e. The molecule has 10 nitrogen and oxygen atoms in total. The number of nitrogens with one attached hydrogen (secondary N) is 3. The van der Waals surface area contributed by atoms with Crippen molar-refractivity contribution in [2.75, 3.05) is 12.0 Å². The summed E-state index contributed by atoms with van der Waals surface area (Å²) in [7, 11) is 0. The van der Waals surface area contributed by atoms with Crippen molar-refractivity contribution < 1.29 is 19.5 Å². The van der Waals surface area contributed by atoms with Crippen LogP contribution >= 0.6 is 15.9 Å². The van der Waals surface area contributed by atoms with Crippen molar-refractivity contribution >= 4 is 45.3 Å². The lowest BCUT2D eigenvalue weighted by molar-refractivity contribution is -0.120. The molecule has 0 unspecified atom stereocenters. The van der Waals surface area contributed by atoms with Crippen LogP contribution in [-0.2, 0) is 4.79 Å². The van der Waals surface area contributed by atoms with Crippen molar-refractivity contribution in [3.63, 3.8) is 0 Å². The number of nitrogens with zero attached hydrogens (tertiary/aromatic N) is 2. The van der Waals surface area contributed by atoms with E-state index in [1.807, 2.05) is 5.48 Å². The molecule has 2 amide bonds. The highest BCUT2D eigenvalue weighted by Gasteiger charge is 2.10. The fraction of sp³-hybridized carbons (Fsp3) is 0.0455. The maximum atomic E-state index is 12.1. The molecule has 0 aliphatic rings. The van der Waals surface area contributed by atoms with Gasteiger partial charge in [0, 0.05) is 4.47 Å². The zero-order valence-corrected chi connectivity index (χ0v) is 18.6. The summed E-state index contributed by atoms with van der Waals surface area (Å²) in [5, 5.41) is 18.2. The maximum absolute atomic E-state index is 12.1. The van der Waals surface area contributed by atoms with Gasteiger partial charge in [-0.1, -0.05) is 24.3 Å². The SMILES string of the molecule is O=Nc1cc(NO)ccc1Oc1cccc(/C=N/NC(=O)CNC(=O)c2ccccc2Br)c1. The van der Waals surface area contributed by atoms with Crippen LogP contribution in [0.25, 0.3) is 0 Å². The number of hydrogen-bond acceptors (Lipinski definition) is 8. The third kappa shape index (κ3) is 6.69. The van der Waals surface area contributed by atoms with E-state index in [9.17, 15) is 14.5 Å². The first kappa shape index (κ1) is 23.6. The van der Waals surface area contributed by atoms with Crippen molar-refractivity contribution in [3.05, 3.63) is 87.2 Å². The molecule has 0 bridgehead atoms. The molecule has 3 rings (SSSR count). The monoisotopic (exact) mass is 511 g/mol. The summed E-state index contributed by atoms with van der Waals surface area (Å²) in [6.07, 6.45) is 1.40. The molecular formula is C22H18BrN5O5.